The van der Waals surface area contributed by atoms with Gasteiger partial charge in [0.05, 0.1) is 5.92 Å². The second kappa shape index (κ2) is 6.14. The maximum absolute atomic E-state index is 13.9. The third-order valence-electron chi connectivity index (χ3n) is 5.14. The molecule has 0 radical (unpaired) electrons. The van der Waals surface area contributed by atoms with E-state index in [-0.39, 0.29) is 17.7 Å². The van der Waals surface area contributed by atoms with Gasteiger partial charge in [0.1, 0.15) is 5.82 Å². The van der Waals surface area contributed by atoms with Gasteiger partial charge in [0, 0.05) is 18.2 Å². The van der Waals surface area contributed by atoms with E-state index in [1.165, 1.54) is 6.07 Å². The van der Waals surface area contributed by atoms with Crippen LogP contribution in [-0.2, 0) is 11.3 Å². The number of benzene rings is 1. The highest BCUT2D eigenvalue weighted by molar-refractivity contribution is 5.70. The van der Waals surface area contributed by atoms with E-state index in [1.54, 1.807) is 6.07 Å². The molecule has 3 rings (SSSR count). The van der Waals surface area contributed by atoms with E-state index >= 15 is 0 Å². The van der Waals surface area contributed by atoms with Crippen molar-refractivity contribution >= 4 is 5.97 Å². The molecule has 0 aromatic heterocycles. The summed E-state index contributed by atoms with van der Waals surface area (Å²) < 4.78 is 13.9. The van der Waals surface area contributed by atoms with Crippen LogP contribution in [0.25, 0.3) is 0 Å². The average molecular weight is 291 g/mol. The molecule has 1 heterocycles. The van der Waals surface area contributed by atoms with Gasteiger partial charge in [0.15, 0.2) is 0 Å². The lowest BCUT2D eigenvalue weighted by atomic mass is 9.72. The summed E-state index contributed by atoms with van der Waals surface area (Å²) in [6.07, 6.45) is 5.00. The zero-order valence-corrected chi connectivity index (χ0v) is 12.2. The summed E-state index contributed by atoms with van der Waals surface area (Å²) >= 11 is 0. The monoisotopic (exact) mass is 291 g/mol. The number of hydrogen-bond donors (Lipinski definition) is 1. The Morgan fingerprint density at radius 1 is 1.24 bits per heavy atom. The molecule has 0 spiro atoms. The molecule has 0 bridgehead atoms. The second-order valence-electron chi connectivity index (χ2n) is 6.31. The number of carboxylic acid groups (broad SMARTS) is 1. The Labute approximate surface area is 124 Å². The van der Waals surface area contributed by atoms with Gasteiger partial charge in [-0.3, -0.25) is 9.69 Å². The highest BCUT2D eigenvalue weighted by atomic mass is 19.1. The summed E-state index contributed by atoms with van der Waals surface area (Å²) in [6.45, 7) is 1.35. The fraction of sp³-hybridized carbons (Fsp3) is 0.588. The van der Waals surface area contributed by atoms with Crippen LogP contribution in [0.5, 0.6) is 0 Å². The fourth-order valence-electron chi connectivity index (χ4n) is 4.10. The number of likely N-dealkylation sites (tertiary alicyclic amines) is 1. The number of rotatable bonds is 3. The minimum Gasteiger partial charge on any atom is -0.481 e. The second-order valence-corrected chi connectivity index (χ2v) is 6.31. The van der Waals surface area contributed by atoms with E-state index in [2.05, 4.69) is 4.90 Å². The number of piperidine rings is 1. The summed E-state index contributed by atoms with van der Waals surface area (Å²) in [5.41, 5.74) is 0.718. The van der Waals surface area contributed by atoms with Crippen LogP contribution in [0.2, 0.25) is 0 Å². The van der Waals surface area contributed by atoms with Gasteiger partial charge in [-0.1, -0.05) is 31.0 Å². The molecule has 1 aromatic carbocycles. The molecule has 3 unspecified atom stereocenters. The smallest absolute Gasteiger partial charge is 0.306 e. The number of halogens is 1. The highest BCUT2D eigenvalue weighted by Gasteiger charge is 2.42. The number of nitrogens with zero attached hydrogens (tertiary/aromatic N) is 1. The number of fused-ring (bicyclic) bond motifs is 1. The molecule has 2 fully saturated rings. The summed E-state index contributed by atoms with van der Waals surface area (Å²) in [7, 11) is 0. The Hall–Kier alpha value is -1.42. The minimum atomic E-state index is -0.655. The third-order valence-corrected chi connectivity index (χ3v) is 5.14. The van der Waals surface area contributed by atoms with Crippen LogP contribution in [0, 0.1) is 17.7 Å². The molecule has 114 valence electrons. The largest absolute Gasteiger partial charge is 0.481 e. The molecule has 0 amide bonds. The predicted octanol–water partition coefficient (Wildman–Crippen LogP) is 3.29. The molecule has 1 aliphatic heterocycles. The van der Waals surface area contributed by atoms with Gasteiger partial charge in [-0.25, -0.2) is 4.39 Å². The van der Waals surface area contributed by atoms with Crippen molar-refractivity contribution in [3.8, 4) is 0 Å². The van der Waals surface area contributed by atoms with Gasteiger partial charge >= 0.3 is 5.97 Å². The summed E-state index contributed by atoms with van der Waals surface area (Å²) in [6, 6.07) is 7.20. The SMILES string of the molecule is O=C(O)C1CCN(Cc2ccccc2F)C2CCCCC12. The van der Waals surface area contributed by atoms with E-state index in [0.29, 0.717) is 19.0 Å². The van der Waals surface area contributed by atoms with Gasteiger partial charge in [-0.2, -0.15) is 0 Å². The van der Waals surface area contributed by atoms with E-state index in [0.717, 1.165) is 37.8 Å². The maximum atomic E-state index is 13.9. The van der Waals surface area contributed by atoms with Crippen LogP contribution in [0.3, 0.4) is 0 Å². The Kier molecular flexibility index (Phi) is 4.24. The lowest BCUT2D eigenvalue weighted by Gasteiger charge is -2.47. The van der Waals surface area contributed by atoms with Gasteiger partial charge in [0.25, 0.3) is 0 Å². The number of carboxylic acids is 1. The van der Waals surface area contributed by atoms with Gasteiger partial charge in [0.2, 0.25) is 0 Å². The highest BCUT2D eigenvalue weighted by Crippen LogP contribution is 2.39. The Morgan fingerprint density at radius 2 is 2.00 bits per heavy atom. The molecule has 4 heteroatoms. The predicted molar refractivity (Wildman–Crippen MR) is 78.3 cm³/mol. The standard InChI is InChI=1S/C17H22FNO2/c18-15-7-3-1-5-12(15)11-19-10-9-14(17(20)21)13-6-2-4-8-16(13)19/h1,3,5,7,13-14,16H,2,4,6,8-11H2,(H,20,21). The molecule has 3 atom stereocenters. The quantitative estimate of drug-likeness (QED) is 0.929. The normalized spacial score (nSPS) is 29.9. The Bertz CT molecular complexity index is 519. The van der Waals surface area contributed by atoms with Crippen molar-refractivity contribution in [3.63, 3.8) is 0 Å². The van der Waals surface area contributed by atoms with Crippen LogP contribution in [0.15, 0.2) is 24.3 Å². The lowest BCUT2D eigenvalue weighted by molar-refractivity contribution is -0.148. The first-order valence-corrected chi connectivity index (χ1v) is 7.87. The molecule has 21 heavy (non-hydrogen) atoms. The fourth-order valence-corrected chi connectivity index (χ4v) is 4.10. The van der Waals surface area contributed by atoms with E-state index in [1.807, 2.05) is 12.1 Å². The van der Waals surface area contributed by atoms with Crippen LogP contribution < -0.4 is 0 Å². The van der Waals surface area contributed by atoms with Crippen molar-refractivity contribution < 1.29 is 14.3 Å². The van der Waals surface area contributed by atoms with Crippen LogP contribution in [0.1, 0.15) is 37.7 Å². The number of hydrogen-bond acceptors (Lipinski definition) is 2. The van der Waals surface area contributed by atoms with Crippen molar-refractivity contribution in [1.29, 1.82) is 0 Å². The van der Waals surface area contributed by atoms with Crippen LogP contribution in [0.4, 0.5) is 4.39 Å². The topological polar surface area (TPSA) is 40.5 Å². The van der Waals surface area contributed by atoms with Crippen molar-refractivity contribution in [2.75, 3.05) is 6.54 Å². The number of aliphatic carboxylic acids is 1. The lowest BCUT2D eigenvalue weighted by Crippen LogP contribution is -2.51. The molecule has 3 nitrogen and oxygen atoms in total. The van der Waals surface area contributed by atoms with E-state index < -0.39 is 5.97 Å². The maximum Gasteiger partial charge on any atom is 0.306 e. The zero-order valence-electron chi connectivity index (χ0n) is 12.2. The zero-order chi connectivity index (χ0) is 14.8. The van der Waals surface area contributed by atoms with Crippen molar-refractivity contribution in [1.82, 2.24) is 4.90 Å². The van der Waals surface area contributed by atoms with Crippen molar-refractivity contribution in [3.05, 3.63) is 35.6 Å². The molecule has 1 saturated heterocycles. The van der Waals surface area contributed by atoms with Crippen LogP contribution >= 0.6 is 0 Å². The van der Waals surface area contributed by atoms with Crippen LogP contribution in [-0.4, -0.2) is 28.6 Å². The summed E-state index contributed by atoms with van der Waals surface area (Å²) in [5.74, 6) is -0.799. The average Bonchev–Trinajstić information content (AvgIpc) is 2.49. The van der Waals surface area contributed by atoms with Gasteiger partial charge in [-0.15, -0.1) is 0 Å². The first-order chi connectivity index (χ1) is 10.2. The molecule has 1 N–H and O–H groups in total. The molecule has 1 aliphatic carbocycles. The first kappa shape index (κ1) is 14.5. The van der Waals surface area contributed by atoms with E-state index in [9.17, 15) is 14.3 Å². The Morgan fingerprint density at radius 3 is 2.76 bits per heavy atom. The molecule has 2 aliphatic rings. The summed E-state index contributed by atoms with van der Waals surface area (Å²) in [4.78, 5) is 13.8. The molecular weight excluding hydrogens is 269 g/mol. The molecule has 1 aromatic rings. The molecule has 1 saturated carbocycles. The van der Waals surface area contributed by atoms with Gasteiger partial charge < -0.3 is 5.11 Å². The van der Waals surface area contributed by atoms with Crippen molar-refractivity contribution in [2.45, 2.75) is 44.7 Å². The molecular formula is C17H22FNO2. The third kappa shape index (κ3) is 2.95. The first-order valence-electron chi connectivity index (χ1n) is 7.87. The minimum absolute atomic E-state index is 0.162. The van der Waals surface area contributed by atoms with Gasteiger partial charge in [-0.05, 0) is 37.8 Å². The summed E-state index contributed by atoms with van der Waals surface area (Å²) in [5, 5.41) is 9.42. The Balaban J connectivity index is 1.77. The van der Waals surface area contributed by atoms with E-state index in [4.69, 9.17) is 0 Å². The number of carbonyl (C=O) groups is 1. The van der Waals surface area contributed by atoms with Crippen molar-refractivity contribution in [2.24, 2.45) is 11.8 Å².